The van der Waals surface area contributed by atoms with E-state index in [9.17, 15) is 0 Å². The summed E-state index contributed by atoms with van der Waals surface area (Å²) in [6, 6.07) is 1.93. The molecule has 2 rings (SSSR count). The zero-order valence-corrected chi connectivity index (χ0v) is 13.0. The van der Waals surface area contributed by atoms with Crippen molar-refractivity contribution in [2.24, 2.45) is 5.92 Å². The molecular weight excluding hydrogens is 250 g/mol. The summed E-state index contributed by atoms with van der Waals surface area (Å²) in [6.45, 7) is 7.41. The molecule has 0 spiro atoms. The maximum absolute atomic E-state index is 6.09. The lowest BCUT2D eigenvalue weighted by molar-refractivity contribution is 0.129. The number of rotatable bonds is 6. The predicted octanol–water partition coefficient (Wildman–Crippen LogP) is 3.82. The van der Waals surface area contributed by atoms with E-state index in [2.05, 4.69) is 36.1 Å². The van der Waals surface area contributed by atoms with Gasteiger partial charge in [0.05, 0.1) is 0 Å². The van der Waals surface area contributed by atoms with Gasteiger partial charge in [-0.1, -0.05) is 13.8 Å². The average Bonchev–Trinajstić information content (AvgIpc) is 2.42. The maximum atomic E-state index is 6.09. The lowest BCUT2D eigenvalue weighted by Gasteiger charge is -2.26. The maximum Gasteiger partial charge on any atom is 0.218 e. The zero-order valence-electron chi connectivity index (χ0n) is 13.0. The first-order chi connectivity index (χ1) is 9.71. The molecule has 1 aromatic rings. The van der Waals surface area contributed by atoms with Crippen molar-refractivity contribution in [1.29, 1.82) is 0 Å². The largest absolute Gasteiger partial charge is 0.474 e. The van der Waals surface area contributed by atoms with Gasteiger partial charge in [-0.15, -0.1) is 0 Å². The van der Waals surface area contributed by atoms with Gasteiger partial charge in [-0.25, -0.2) is 4.98 Å². The molecule has 1 aliphatic rings. The van der Waals surface area contributed by atoms with E-state index in [4.69, 9.17) is 4.74 Å². The summed E-state index contributed by atoms with van der Waals surface area (Å²) in [5.41, 5.74) is 0. The molecule has 1 aliphatic carbocycles. The third-order valence-corrected chi connectivity index (χ3v) is 3.83. The van der Waals surface area contributed by atoms with Crippen LogP contribution in [0.15, 0.2) is 6.07 Å². The molecule has 20 heavy (non-hydrogen) atoms. The number of nitrogens with zero attached hydrogens (tertiary/aromatic N) is 2. The summed E-state index contributed by atoms with van der Waals surface area (Å²) < 4.78 is 6.09. The molecule has 4 nitrogen and oxygen atoms in total. The Morgan fingerprint density at radius 3 is 2.60 bits per heavy atom. The molecule has 0 bridgehead atoms. The Kier molecular flexibility index (Phi) is 5.62. The second-order valence-electron chi connectivity index (χ2n) is 5.79. The Labute approximate surface area is 122 Å². The first kappa shape index (κ1) is 15.1. The van der Waals surface area contributed by atoms with E-state index in [0.29, 0.717) is 6.10 Å². The van der Waals surface area contributed by atoms with Crippen molar-refractivity contribution < 1.29 is 4.74 Å². The molecule has 0 radical (unpaired) electrons. The first-order valence-corrected chi connectivity index (χ1v) is 7.99. The standard InChI is InChI=1S/C16H27N3O/c1-4-6-14-18-15(17-5-2)11-16(19-14)20-13-9-7-12(3)8-10-13/h11-13H,4-10H2,1-3H3,(H,17,18,19). The molecule has 0 saturated heterocycles. The van der Waals surface area contributed by atoms with Crippen molar-refractivity contribution >= 4 is 5.82 Å². The summed E-state index contributed by atoms with van der Waals surface area (Å²) >= 11 is 0. The summed E-state index contributed by atoms with van der Waals surface area (Å²) in [7, 11) is 0. The van der Waals surface area contributed by atoms with Crippen LogP contribution in [0.5, 0.6) is 5.88 Å². The highest BCUT2D eigenvalue weighted by Gasteiger charge is 2.20. The minimum Gasteiger partial charge on any atom is -0.474 e. The molecule has 1 aromatic heterocycles. The van der Waals surface area contributed by atoms with E-state index in [1.807, 2.05) is 6.07 Å². The van der Waals surface area contributed by atoms with Gasteiger partial charge in [-0.3, -0.25) is 0 Å². The smallest absolute Gasteiger partial charge is 0.218 e. The van der Waals surface area contributed by atoms with Crippen molar-refractivity contribution in [3.05, 3.63) is 11.9 Å². The molecule has 4 heteroatoms. The van der Waals surface area contributed by atoms with Gasteiger partial charge >= 0.3 is 0 Å². The molecule has 0 aromatic carbocycles. The molecule has 1 heterocycles. The van der Waals surface area contributed by atoms with E-state index in [-0.39, 0.29) is 0 Å². The van der Waals surface area contributed by atoms with Crippen molar-refractivity contribution in [3.63, 3.8) is 0 Å². The van der Waals surface area contributed by atoms with Crippen molar-refractivity contribution in [2.45, 2.75) is 65.4 Å². The van der Waals surface area contributed by atoms with E-state index in [1.165, 1.54) is 12.8 Å². The third kappa shape index (κ3) is 4.36. The van der Waals surface area contributed by atoms with Gasteiger partial charge < -0.3 is 10.1 Å². The molecule has 0 unspecified atom stereocenters. The lowest BCUT2D eigenvalue weighted by atomic mass is 9.89. The van der Waals surface area contributed by atoms with Crippen LogP contribution in [-0.4, -0.2) is 22.6 Å². The molecule has 1 N–H and O–H groups in total. The van der Waals surface area contributed by atoms with Crippen LogP contribution >= 0.6 is 0 Å². The summed E-state index contributed by atoms with van der Waals surface area (Å²) in [6.07, 6.45) is 7.09. The van der Waals surface area contributed by atoms with Gasteiger partial charge in [0.2, 0.25) is 5.88 Å². The van der Waals surface area contributed by atoms with Crippen LogP contribution in [-0.2, 0) is 6.42 Å². The molecule has 0 amide bonds. The van der Waals surface area contributed by atoms with E-state index < -0.39 is 0 Å². The number of hydrogen-bond donors (Lipinski definition) is 1. The number of anilines is 1. The Bertz CT molecular complexity index is 390. The molecule has 1 fully saturated rings. The number of aryl methyl sites for hydroxylation is 1. The minimum atomic E-state index is 0.324. The van der Waals surface area contributed by atoms with Gasteiger partial charge in [-0.05, 0) is 44.9 Å². The van der Waals surface area contributed by atoms with Crippen molar-refractivity contribution in [2.75, 3.05) is 11.9 Å². The Morgan fingerprint density at radius 1 is 1.20 bits per heavy atom. The second-order valence-corrected chi connectivity index (χ2v) is 5.79. The molecule has 0 aliphatic heterocycles. The fourth-order valence-corrected chi connectivity index (χ4v) is 2.66. The van der Waals surface area contributed by atoms with Gasteiger partial charge in [0.15, 0.2) is 0 Å². The average molecular weight is 277 g/mol. The van der Waals surface area contributed by atoms with Crippen LogP contribution in [0.1, 0.15) is 58.7 Å². The molecule has 1 saturated carbocycles. The van der Waals surface area contributed by atoms with E-state index in [0.717, 1.165) is 55.7 Å². The monoisotopic (exact) mass is 277 g/mol. The summed E-state index contributed by atoms with van der Waals surface area (Å²) in [5, 5.41) is 3.26. The van der Waals surface area contributed by atoms with Crippen LogP contribution in [0, 0.1) is 5.92 Å². The summed E-state index contributed by atoms with van der Waals surface area (Å²) in [5.74, 6) is 3.34. The lowest BCUT2D eigenvalue weighted by Crippen LogP contribution is -2.23. The van der Waals surface area contributed by atoms with Gasteiger partial charge in [0.1, 0.15) is 17.7 Å². The van der Waals surface area contributed by atoms with Crippen LogP contribution in [0.2, 0.25) is 0 Å². The fourth-order valence-electron chi connectivity index (χ4n) is 2.66. The molecular formula is C16H27N3O. The van der Waals surface area contributed by atoms with Crippen molar-refractivity contribution in [3.8, 4) is 5.88 Å². The number of nitrogens with one attached hydrogen (secondary N) is 1. The van der Waals surface area contributed by atoms with Gasteiger partial charge in [0, 0.05) is 19.0 Å². The minimum absolute atomic E-state index is 0.324. The molecule has 0 atom stereocenters. The third-order valence-electron chi connectivity index (χ3n) is 3.83. The number of aromatic nitrogens is 2. The van der Waals surface area contributed by atoms with Crippen LogP contribution in [0.25, 0.3) is 0 Å². The second kappa shape index (κ2) is 7.46. The zero-order chi connectivity index (χ0) is 14.4. The van der Waals surface area contributed by atoms with Crippen LogP contribution in [0.4, 0.5) is 5.82 Å². The molecule has 112 valence electrons. The number of ether oxygens (including phenoxy) is 1. The SMILES string of the molecule is CCCc1nc(NCC)cc(OC2CCC(C)CC2)n1. The van der Waals surface area contributed by atoms with Crippen molar-refractivity contribution in [1.82, 2.24) is 9.97 Å². The van der Waals surface area contributed by atoms with Gasteiger partial charge in [-0.2, -0.15) is 4.98 Å². The van der Waals surface area contributed by atoms with Crippen LogP contribution in [0.3, 0.4) is 0 Å². The van der Waals surface area contributed by atoms with E-state index >= 15 is 0 Å². The Balaban J connectivity index is 2.05. The highest BCUT2D eigenvalue weighted by Crippen LogP contribution is 2.27. The Hall–Kier alpha value is -1.32. The topological polar surface area (TPSA) is 47.0 Å². The Morgan fingerprint density at radius 2 is 1.95 bits per heavy atom. The normalized spacial score (nSPS) is 22.6. The fraction of sp³-hybridized carbons (Fsp3) is 0.750. The van der Waals surface area contributed by atoms with Gasteiger partial charge in [0.25, 0.3) is 0 Å². The van der Waals surface area contributed by atoms with E-state index in [1.54, 1.807) is 0 Å². The highest BCUT2D eigenvalue weighted by atomic mass is 16.5. The quantitative estimate of drug-likeness (QED) is 0.858. The summed E-state index contributed by atoms with van der Waals surface area (Å²) in [4.78, 5) is 9.06. The van der Waals surface area contributed by atoms with Crippen LogP contribution < -0.4 is 10.1 Å². The number of hydrogen-bond acceptors (Lipinski definition) is 4. The predicted molar refractivity (Wildman–Crippen MR) is 82.2 cm³/mol. The first-order valence-electron chi connectivity index (χ1n) is 7.99. The highest BCUT2D eigenvalue weighted by molar-refractivity contribution is 5.38.